The normalized spacial score (nSPS) is 16.8. The van der Waals surface area contributed by atoms with Gasteiger partial charge in [0.2, 0.25) is 0 Å². The number of piperazine rings is 1. The molecule has 0 bridgehead atoms. The Bertz CT molecular complexity index is 1050. The van der Waals surface area contributed by atoms with Crippen LogP contribution in [0.25, 0.3) is 0 Å². The molecule has 5 rings (SSSR count). The van der Waals surface area contributed by atoms with Crippen LogP contribution in [-0.4, -0.2) is 52.9 Å². The molecular weight excluding hydrogens is 422 g/mol. The van der Waals surface area contributed by atoms with Crippen molar-refractivity contribution in [2.24, 2.45) is 0 Å². The van der Waals surface area contributed by atoms with E-state index < -0.39 is 0 Å². The molecule has 7 heteroatoms. The number of hydrogen-bond donors (Lipinski definition) is 1. The molecule has 0 unspecified atom stereocenters. The standard InChI is InChI=1S/C26H26F2N4O/c27-21-6-1-18(2-7-21)25(19-3-8-22(28)9-4-19)31-13-15-32(16-14-31)26(33)20-5-12-24(29-17-20)30-23-10-11-23/h1-9,12,17,23,25H,10-11,13-16H2,(H,29,30). The fourth-order valence-electron chi connectivity index (χ4n) is 4.31. The van der Waals surface area contributed by atoms with Gasteiger partial charge in [-0.1, -0.05) is 24.3 Å². The smallest absolute Gasteiger partial charge is 0.255 e. The molecule has 1 aliphatic heterocycles. The van der Waals surface area contributed by atoms with Gasteiger partial charge in [0.1, 0.15) is 17.5 Å². The fourth-order valence-corrected chi connectivity index (χ4v) is 4.31. The largest absolute Gasteiger partial charge is 0.367 e. The predicted octanol–water partition coefficient (Wildman–Crippen LogP) is 4.48. The summed E-state index contributed by atoms with van der Waals surface area (Å²) >= 11 is 0. The summed E-state index contributed by atoms with van der Waals surface area (Å²) in [7, 11) is 0. The first kappa shape index (κ1) is 21.5. The van der Waals surface area contributed by atoms with E-state index in [-0.39, 0.29) is 23.6 Å². The van der Waals surface area contributed by atoms with Crippen LogP contribution in [0.15, 0.2) is 66.9 Å². The van der Waals surface area contributed by atoms with Crippen molar-refractivity contribution in [1.82, 2.24) is 14.8 Å². The summed E-state index contributed by atoms with van der Waals surface area (Å²) in [5.41, 5.74) is 2.45. The van der Waals surface area contributed by atoms with Crippen molar-refractivity contribution in [3.05, 3.63) is 95.2 Å². The average molecular weight is 449 g/mol. The zero-order valence-electron chi connectivity index (χ0n) is 18.3. The number of anilines is 1. The van der Waals surface area contributed by atoms with E-state index in [0.717, 1.165) is 16.9 Å². The van der Waals surface area contributed by atoms with Crippen molar-refractivity contribution in [2.45, 2.75) is 24.9 Å². The lowest BCUT2D eigenvalue weighted by molar-refractivity contribution is 0.0597. The second kappa shape index (κ2) is 9.27. The van der Waals surface area contributed by atoms with Crippen LogP contribution >= 0.6 is 0 Å². The van der Waals surface area contributed by atoms with Crippen LogP contribution in [0.1, 0.15) is 40.4 Å². The molecular formula is C26H26F2N4O. The van der Waals surface area contributed by atoms with E-state index >= 15 is 0 Å². The van der Waals surface area contributed by atoms with Crippen LogP contribution in [0.5, 0.6) is 0 Å². The summed E-state index contributed by atoms with van der Waals surface area (Å²) in [5.74, 6) is 0.193. The van der Waals surface area contributed by atoms with E-state index in [1.165, 1.54) is 37.1 Å². The number of benzene rings is 2. The van der Waals surface area contributed by atoms with Gasteiger partial charge in [-0.25, -0.2) is 13.8 Å². The van der Waals surface area contributed by atoms with E-state index in [0.29, 0.717) is 37.8 Å². The molecule has 1 aliphatic carbocycles. The highest BCUT2D eigenvalue weighted by molar-refractivity contribution is 5.94. The summed E-state index contributed by atoms with van der Waals surface area (Å²) in [5, 5.41) is 3.33. The Kier molecular flexibility index (Phi) is 6.05. The number of halogens is 2. The quantitative estimate of drug-likeness (QED) is 0.604. The monoisotopic (exact) mass is 448 g/mol. The SMILES string of the molecule is O=C(c1ccc(NC2CC2)nc1)N1CCN(C(c2ccc(F)cc2)c2ccc(F)cc2)CC1. The Morgan fingerprint density at radius 1 is 0.848 bits per heavy atom. The van der Waals surface area contributed by atoms with Gasteiger partial charge in [-0.05, 0) is 60.4 Å². The highest BCUT2D eigenvalue weighted by Crippen LogP contribution is 2.30. The Hall–Kier alpha value is -3.32. The number of hydrogen-bond acceptors (Lipinski definition) is 4. The maximum atomic E-state index is 13.5. The molecule has 1 aromatic heterocycles. The molecule has 2 heterocycles. The average Bonchev–Trinajstić information content (AvgIpc) is 3.66. The van der Waals surface area contributed by atoms with Crippen LogP contribution in [0, 0.1) is 11.6 Å². The summed E-state index contributed by atoms with van der Waals surface area (Å²) in [4.78, 5) is 21.5. The molecule has 3 aromatic rings. The van der Waals surface area contributed by atoms with Crippen LogP contribution < -0.4 is 5.32 Å². The maximum Gasteiger partial charge on any atom is 0.255 e. The summed E-state index contributed by atoms with van der Waals surface area (Å²) in [6.07, 6.45) is 3.98. The topological polar surface area (TPSA) is 48.5 Å². The first-order valence-corrected chi connectivity index (χ1v) is 11.3. The summed E-state index contributed by atoms with van der Waals surface area (Å²) < 4.78 is 27.0. The molecule has 0 radical (unpaired) electrons. The van der Waals surface area contributed by atoms with Gasteiger partial charge in [-0.2, -0.15) is 0 Å². The Balaban J connectivity index is 1.28. The van der Waals surface area contributed by atoms with Gasteiger partial charge >= 0.3 is 0 Å². The minimum Gasteiger partial charge on any atom is -0.367 e. The van der Waals surface area contributed by atoms with E-state index in [2.05, 4.69) is 15.2 Å². The highest BCUT2D eigenvalue weighted by Gasteiger charge is 2.29. The third kappa shape index (κ3) is 5.03. The van der Waals surface area contributed by atoms with Crippen molar-refractivity contribution in [3.8, 4) is 0 Å². The number of amides is 1. The zero-order chi connectivity index (χ0) is 22.8. The van der Waals surface area contributed by atoms with Crippen molar-refractivity contribution >= 4 is 11.7 Å². The van der Waals surface area contributed by atoms with E-state index in [4.69, 9.17) is 0 Å². The first-order chi connectivity index (χ1) is 16.1. The molecule has 1 N–H and O–H groups in total. The first-order valence-electron chi connectivity index (χ1n) is 11.3. The minimum atomic E-state index is -0.293. The van der Waals surface area contributed by atoms with Gasteiger partial charge < -0.3 is 10.2 Å². The number of pyridine rings is 1. The third-order valence-corrected chi connectivity index (χ3v) is 6.28. The molecule has 33 heavy (non-hydrogen) atoms. The van der Waals surface area contributed by atoms with Crippen LogP contribution in [0.3, 0.4) is 0 Å². The predicted molar refractivity (Wildman–Crippen MR) is 123 cm³/mol. The molecule has 0 atom stereocenters. The van der Waals surface area contributed by atoms with Crippen LogP contribution in [0.4, 0.5) is 14.6 Å². The molecule has 1 saturated heterocycles. The van der Waals surface area contributed by atoms with E-state index in [9.17, 15) is 13.6 Å². The minimum absolute atomic E-state index is 0.0276. The lowest BCUT2D eigenvalue weighted by Gasteiger charge is -2.39. The Morgan fingerprint density at radius 3 is 1.91 bits per heavy atom. The van der Waals surface area contributed by atoms with Gasteiger partial charge in [-0.15, -0.1) is 0 Å². The second-order valence-electron chi connectivity index (χ2n) is 8.68. The molecule has 170 valence electrons. The number of rotatable bonds is 6. The van der Waals surface area contributed by atoms with Gasteiger partial charge in [0.05, 0.1) is 11.6 Å². The number of carbonyl (C=O) groups excluding carboxylic acids is 1. The van der Waals surface area contributed by atoms with Crippen LogP contribution in [0.2, 0.25) is 0 Å². The molecule has 5 nitrogen and oxygen atoms in total. The number of nitrogens with one attached hydrogen (secondary N) is 1. The molecule has 1 amide bonds. The summed E-state index contributed by atoms with van der Waals surface area (Å²) in [6.45, 7) is 2.44. The van der Waals surface area contributed by atoms with Gasteiger partial charge in [0.25, 0.3) is 5.91 Å². The molecule has 1 saturated carbocycles. The molecule has 0 spiro atoms. The number of aromatic nitrogens is 1. The van der Waals surface area contributed by atoms with Crippen LogP contribution in [-0.2, 0) is 0 Å². The fraction of sp³-hybridized carbons (Fsp3) is 0.308. The van der Waals surface area contributed by atoms with Gasteiger partial charge in [0.15, 0.2) is 0 Å². The van der Waals surface area contributed by atoms with Crippen molar-refractivity contribution < 1.29 is 13.6 Å². The molecule has 2 aromatic carbocycles. The summed E-state index contributed by atoms with van der Waals surface area (Å²) in [6, 6.07) is 16.9. The van der Waals surface area contributed by atoms with Crippen molar-refractivity contribution in [2.75, 3.05) is 31.5 Å². The van der Waals surface area contributed by atoms with Gasteiger partial charge in [0, 0.05) is 38.4 Å². The Morgan fingerprint density at radius 2 is 1.42 bits per heavy atom. The van der Waals surface area contributed by atoms with E-state index in [1.807, 2.05) is 17.0 Å². The van der Waals surface area contributed by atoms with Gasteiger partial charge in [-0.3, -0.25) is 9.69 Å². The Labute approximate surface area is 192 Å². The number of nitrogens with zero attached hydrogens (tertiary/aromatic N) is 3. The molecule has 2 aliphatic rings. The highest BCUT2D eigenvalue weighted by atomic mass is 19.1. The number of carbonyl (C=O) groups is 1. The lowest BCUT2D eigenvalue weighted by Crippen LogP contribution is -2.49. The third-order valence-electron chi connectivity index (χ3n) is 6.28. The van der Waals surface area contributed by atoms with E-state index in [1.54, 1.807) is 30.5 Å². The zero-order valence-corrected chi connectivity index (χ0v) is 18.3. The maximum absolute atomic E-state index is 13.5. The molecule has 2 fully saturated rings. The lowest BCUT2D eigenvalue weighted by atomic mass is 9.96. The van der Waals surface area contributed by atoms with Crippen molar-refractivity contribution in [3.63, 3.8) is 0 Å². The van der Waals surface area contributed by atoms with Crippen molar-refractivity contribution in [1.29, 1.82) is 0 Å². The second-order valence-corrected chi connectivity index (χ2v) is 8.68.